The molecule has 0 amide bonds. The molecule has 1 aromatic heterocycles. The zero-order valence-electron chi connectivity index (χ0n) is 11.0. The van der Waals surface area contributed by atoms with Gasteiger partial charge in [0.25, 0.3) is 0 Å². The van der Waals surface area contributed by atoms with Gasteiger partial charge in [-0.15, -0.1) is 11.3 Å². The van der Waals surface area contributed by atoms with E-state index in [4.69, 9.17) is 0 Å². The highest BCUT2D eigenvalue weighted by molar-refractivity contribution is 7.91. The van der Waals surface area contributed by atoms with Gasteiger partial charge in [0.1, 0.15) is 14.8 Å². The minimum Gasteiger partial charge on any atom is -0.382 e. The highest BCUT2D eigenvalue weighted by Crippen LogP contribution is 2.24. The summed E-state index contributed by atoms with van der Waals surface area (Å²) in [5.74, 6) is 0.587. The Morgan fingerprint density at radius 2 is 1.85 bits per heavy atom. The van der Waals surface area contributed by atoms with Crippen LogP contribution < -0.4 is 5.32 Å². The number of nitrogens with one attached hydrogen (secondary N) is 1. The summed E-state index contributed by atoms with van der Waals surface area (Å²) in [4.78, 5) is 4.28. The maximum Gasteiger partial charge on any atom is 0.150 e. The van der Waals surface area contributed by atoms with E-state index in [1.54, 1.807) is 17.5 Å². The normalized spacial score (nSPS) is 18.8. The number of rotatable bonds is 3. The molecule has 0 saturated carbocycles. The van der Waals surface area contributed by atoms with Crippen LogP contribution in [0.5, 0.6) is 0 Å². The summed E-state index contributed by atoms with van der Waals surface area (Å²) < 4.78 is 22.8. The quantitative estimate of drug-likeness (QED) is 0.947. The van der Waals surface area contributed by atoms with Crippen molar-refractivity contribution >= 4 is 26.9 Å². The Labute approximate surface area is 122 Å². The molecule has 106 valence electrons. The van der Waals surface area contributed by atoms with Gasteiger partial charge >= 0.3 is 0 Å². The molecule has 0 atom stereocenters. The number of sulfone groups is 1. The maximum absolute atomic E-state index is 11.4. The van der Waals surface area contributed by atoms with Crippen molar-refractivity contribution in [3.63, 3.8) is 0 Å². The lowest BCUT2D eigenvalue weighted by molar-refractivity contribution is 0.559. The third kappa shape index (κ3) is 3.19. The number of thiazole rings is 1. The third-order valence-electron chi connectivity index (χ3n) is 3.49. The SMILES string of the molecule is O=S1(=O)CCC(Nc2ccc(-c3nccs3)cc2)CC1. The number of aromatic nitrogens is 1. The molecule has 3 rings (SSSR count). The molecule has 0 unspecified atom stereocenters. The molecule has 1 aromatic carbocycles. The van der Waals surface area contributed by atoms with Crippen LogP contribution in [0.4, 0.5) is 5.69 Å². The maximum atomic E-state index is 11.4. The second-order valence-corrected chi connectivity index (χ2v) is 8.18. The van der Waals surface area contributed by atoms with Crippen molar-refractivity contribution in [1.29, 1.82) is 0 Å². The molecule has 2 heterocycles. The topological polar surface area (TPSA) is 59.1 Å². The van der Waals surface area contributed by atoms with Crippen molar-refractivity contribution in [1.82, 2.24) is 4.98 Å². The summed E-state index contributed by atoms with van der Waals surface area (Å²) in [7, 11) is -2.79. The Bertz CT molecular complexity index is 650. The highest BCUT2D eigenvalue weighted by atomic mass is 32.2. The van der Waals surface area contributed by atoms with Crippen molar-refractivity contribution in [2.24, 2.45) is 0 Å². The lowest BCUT2D eigenvalue weighted by Gasteiger charge is -2.24. The molecular formula is C14H16N2O2S2. The number of nitrogens with zero attached hydrogens (tertiary/aromatic N) is 1. The zero-order chi connectivity index (χ0) is 14.0. The molecular weight excluding hydrogens is 292 g/mol. The number of hydrogen-bond acceptors (Lipinski definition) is 5. The van der Waals surface area contributed by atoms with E-state index in [-0.39, 0.29) is 6.04 Å². The van der Waals surface area contributed by atoms with Crippen molar-refractivity contribution in [2.75, 3.05) is 16.8 Å². The van der Waals surface area contributed by atoms with Crippen molar-refractivity contribution in [2.45, 2.75) is 18.9 Å². The molecule has 1 saturated heterocycles. The Morgan fingerprint density at radius 3 is 2.45 bits per heavy atom. The first-order chi connectivity index (χ1) is 9.62. The monoisotopic (exact) mass is 308 g/mol. The summed E-state index contributed by atoms with van der Waals surface area (Å²) in [6.07, 6.45) is 3.18. The molecule has 4 nitrogen and oxygen atoms in total. The van der Waals surface area contributed by atoms with E-state index in [9.17, 15) is 8.42 Å². The van der Waals surface area contributed by atoms with Crippen LogP contribution in [0.2, 0.25) is 0 Å². The number of benzene rings is 1. The van der Waals surface area contributed by atoms with Crippen LogP contribution in [-0.2, 0) is 9.84 Å². The van der Waals surface area contributed by atoms with Crippen LogP contribution in [0.3, 0.4) is 0 Å². The zero-order valence-corrected chi connectivity index (χ0v) is 12.6. The third-order valence-corrected chi connectivity index (χ3v) is 6.03. The Hall–Kier alpha value is -1.40. The van der Waals surface area contributed by atoms with Crippen LogP contribution in [0, 0.1) is 0 Å². The van der Waals surface area contributed by atoms with Crippen LogP contribution >= 0.6 is 11.3 Å². The summed E-state index contributed by atoms with van der Waals surface area (Å²) >= 11 is 1.62. The van der Waals surface area contributed by atoms with Gasteiger partial charge in [0.2, 0.25) is 0 Å². The first kappa shape index (κ1) is 13.6. The van der Waals surface area contributed by atoms with E-state index in [0.717, 1.165) is 16.3 Å². The minimum absolute atomic E-state index is 0.254. The summed E-state index contributed by atoms with van der Waals surface area (Å²) in [5, 5.41) is 6.39. The first-order valence-electron chi connectivity index (χ1n) is 6.59. The van der Waals surface area contributed by atoms with Gasteiger partial charge in [-0.1, -0.05) is 0 Å². The molecule has 1 aliphatic heterocycles. The number of anilines is 1. The van der Waals surface area contributed by atoms with Crippen molar-refractivity contribution in [3.05, 3.63) is 35.8 Å². The molecule has 0 radical (unpaired) electrons. The van der Waals surface area contributed by atoms with E-state index in [0.29, 0.717) is 24.3 Å². The van der Waals surface area contributed by atoms with Gasteiger partial charge in [0.05, 0.1) is 11.5 Å². The lowest BCUT2D eigenvalue weighted by Crippen LogP contribution is -2.32. The van der Waals surface area contributed by atoms with Gasteiger partial charge in [0.15, 0.2) is 0 Å². The average molecular weight is 308 g/mol. The van der Waals surface area contributed by atoms with E-state index in [1.165, 1.54) is 0 Å². The fourth-order valence-corrected chi connectivity index (χ4v) is 4.48. The molecule has 0 bridgehead atoms. The molecule has 6 heteroatoms. The predicted octanol–water partition coefficient (Wildman–Crippen LogP) is 2.80. The van der Waals surface area contributed by atoms with Crippen LogP contribution in [0.25, 0.3) is 10.6 Å². The van der Waals surface area contributed by atoms with Crippen molar-refractivity contribution < 1.29 is 8.42 Å². The molecule has 0 spiro atoms. The standard InChI is InChI=1S/C14H16N2O2S2/c17-20(18)9-5-13(6-10-20)16-12-3-1-11(2-4-12)14-15-7-8-19-14/h1-4,7-8,13,16H,5-6,9-10H2. The smallest absolute Gasteiger partial charge is 0.150 e. The van der Waals surface area contributed by atoms with Gasteiger partial charge in [-0.05, 0) is 37.1 Å². The van der Waals surface area contributed by atoms with E-state index in [2.05, 4.69) is 10.3 Å². The van der Waals surface area contributed by atoms with Gasteiger partial charge in [0, 0.05) is 28.9 Å². The second-order valence-electron chi connectivity index (χ2n) is 4.99. The molecule has 1 fully saturated rings. The highest BCUT2D eigenvalue weighted by Gasteiger charge is 2.23. The average Bonchev–Trinajstić information content (AvgIpc) is 2.96. The predicted molar refractivity (Wildman–Crippen MR) is 82.8 cm³/mol. The molecule has 1 N–H and O–H groups in total. The van der Waals surface area contributed by atoms with Gasteiger partial charge < -0.3 is 5.32 Å². The lowest BCUT2D eigenvalue weighted by atomic mass is 10.1. The summed E-state index contributed by atoms with van der Waals surface area (Å²) in [6, 6.07) is 8.39. The second kappa shape index (κ2) is 5.54. The van der Waals surface area contributed by atoms with Crippen LogP contribution in [0.15, 0.2) is 35.8 Å². The minimum atomic E-state index is -2.79. The summed E-state index contributed by atoms with van der Waals surface area (Å²) in [6.45, 7) is 0. The Kier molecular flexibility index (Phi) is 3.76. The van der Waals surface area contributed by atoms with E-state index >= 15 is 0 Å². The van der Waals surface area contributed by atoms with Gasteiger partial charge in [-0.2, -0.15) is 0 Å². The largest absolute Gasteiger partial charge is 0.382 e. The van der Waals surface area contributed by atoms with Crippen LogP contribution in [-0.4, -0.2) is 30.9 Å². The first-order valence-corrected chi connectivity index (χ1v) is 9.29. The number of hydrogen-bond donors (Lipinski definition) is 1. The Morgan fingerprint density at radius 1 is 1.15 bits per heavy atom. The Balaban J connectivity index is 1.64. The molecule has 20 heavy (non-hydrogen) atoms. The molecule has 0 aliphatic carbocycles. The fraction of sp³-hybridized carbons (Fsp3) is 0.357. The summed E-state index contributed by atoms with van der Waals surface area (Å²) in [5.41, 5.74) is 2.14. The van der Waals surface area contributed by atoms with Crippen molar-refractivity contribution in [3.8, 4) is 10.6 Å². The van der Waals surface area contributed by atoms with Gasteiger partial charge in [-0.3, -0.25) is 0 Å². The van der Waals surface area contributed by atoms with E-state index < -0.39 is 9.84 Å². The molecule has 2 aromatic rings. The fourth-order valence-electron chi connectivity index (χ4n) is 2.35. The molecule has 1 aliphatic rings. The van der Waals surface area contributed by atoms with Crippen LogP contribution in [0.1, 0.15) is 12.8 Å². The van der Waals surface area contributed by atoms with E-state index in [1.807, 2.05) is 29.6 Å². The van der Waals surface area contributed by atoms with Gasteiger partial charge in [-0.25, -0.2) is 13.4 Å².